The first-order valence-corrected chi connectivity index (χ1v) is 15.7. The lowest BCUT2D eigenvalue weighted by Crippen LogP contribution is -2.42. The molecule has 0 saturated heterocycles. The number of hydrogen-bond acceptors (Lipinski definition) is 7. The number of Topliss-reactive ketones (excluding diaryl/α,β-unsaturated/α-hetero) is 1. The third-order valence-electron chi connectivity index (χ3n) is 6.78. The van der Waals surface area contributed by atoms with E-state index in [-0.39, 0.29) is 41.7 Å². The first-order valence-electron chi connectivity index (χ1n) is 13.2. The van der Waals surface area contributed by atoms with Gasteiger partial charge >= 0.3 is 0 Å². The van der Waals surface area contributed by atoms with E-state index in [1.807, 2.05) is 25.1 Å². The van der Waals surface area contributed by atoms with Crippen molar-refractivity contribution >= 4 is 68.1 Å². The number of hydrogen-bond donors (Lipinski definition) is 3. The van der Waals surface area contributed by atoms with Gasteiger partial charge in [-0.3, -0.25) is 24.0 Å². The number of fused-ring (bicyclic) bond motifs is 1. The number of allylic oxidation sites excluding steroid dienone is 3. The van der Waals surface area contributed by atoms with Crippen molar-refractivity contribution < 1.29 is 23.0 Å². The Labute approximate surface area is 252 Å². The number of carbonyl (C=O) groups is 3. The maximum Gasteiger partial charge on any atom is 0.217 e. The summed E-state index contributed by atoms with van der Waals surface area (Å²) in [6.07, 6.45) is 3.33. The van der Waals surface area contributed by atoms with Crippen LogP contribution in [0.4, 0.5) is 4.39 Å². The van der Waals surface area contributed by atoms with Gasteiger partial charge < -0.3 is 15.6 Å². The lowest BCUT2D eigenvalue weighted by Gasteiger charge is -2.18. The predicted molar refractivity (Wildman–Crippen MR) is 169 cm³/mol. The number of nitrogens with one attached hydrogen (secondary N) is 3. The van der Waals surface area contributed by atoms with Gasteiger partial charge in [0.2, 0.25) is 5.91 Å². The summed E-state index contributed by atoms with van der Waals surface area (Å²) in [7, 11) is 2.27. The van der Waals surface area contributed by atoms with Crippen molar-refractivity contribution in [1.82, 2.24) is 10.2 Å². The molecule has 2 atom stereocenters. The Morgan fingerprint density at radius 3 is 2.33 bits per heavy atom. The molecule has 2 aromatic carbocycles. The zero-order valence-electron chi connectivity index (χ0n) is 24.3. The molecule has 11 heteroatoms. The summed E-state index contributed by atoms with van der Waals surface area (Å²) in [6, 6.07) is 10.8. The van der Waals surface area contributed by atoms with Gasteiger partial charge in [-0.15, -0.1) is 0 Å². The number of ketones is 1. The summed E-state index contributed by atoms with van der Waals surface area (Å²) >= 11 is 0.906. The van der Waals surface area contributed by atoms with Crippen LogP contribution in [0.25, 0.3) is 17.2 Å². The van der Waals surface area contributed by atoms with E-state index >= 15 is 0 Å². The van der Waals surface area contributed by atoms with Crippen LogP contribution in [0.2, 0.25) is 0 Å². The van der Waals surface area contributed by atoms with Crippen LogP contribution in [-0.2, 0) is 25.2 Å². The van der Waals surface area contributed by atoms with Crippen LogP contribution in [0, 0.1) is 16.6 Å². The molecule has 42 heavy (non-hydrogen) atoms. The number of amidine groups is 1. The van der Waals surface area contributed by atoms with Crippen LogP contribution < -0.4 is 5.32 Å². The molecule has 1 aliphatic carbocycles. The van der Waals surface area contributed by atoms with E-state index in [2.05, 4.69) is 5.32 Å². The molecule has 3 N–H and O–H groups in total. The molecular formula is C31H35FN4O4S2. The minimum absolute atomic E-state index is 0.00511. The lowest BCUT2D eigenvalue weighted by molar-refractivity contribution is -0.125. The highest BCUT2D eigenvalue weighted by Gasteiger charge is 2.27. The summed E-state index contributed by atoms with van der Waals surface area (Å²) in [5.41, 5.74) is 4.73. The summed E-state index contributed by atoms with van der Waals surface area (Å²) in [5, 5.41) is 18.3. The Balaban J connectivity index is 1.77. The molecule has 1 unspecified atom stereocenters. The zero-order chi connectivity index (χ0) is 31.1. The third-order valence-corrected chi connectivity index (χ3v) is 8.69. The van der Waals surface area contributed by atoms with Crippen molar-refractivity contribution in [3.8, 4) is 0 Å². The predicted octanol–water partition coefficient (Wildman–Crippen LogP) is 4.95. The standard InChI is InChI=1S/C31H35FN4O4S2/c1-18-25(12-20-6-9-23(10-7-20)42(5)40)24-11-8-21(32)13-27(24)26(18)16-31(39)41-17-28(35-19(2)37)29(38)14-22(33)15-30(34)36(3)4/h6-13,28,33-34H,14-17H2,1-5H3,(H,35,37)/b25-12-,33-22?,34-30?/t28-,42?/m0/s1. The molecule has 8 nitrogen and oxygen atoms in total. The lowest BCUT2D eigenvalue weighted by atomic mass is 10.0. The number of amides is 1. The van der Waals surface area contributed by atoms with Gasteiger partial charge in [-0.05, 0) is 70.7 Å². The number of benzene rings is 2. The van der Waals surface area contributed by atoms with E-state index in [9.17, 15) is 23.0 Å². The van der Waals surface area contributed by atoms with Gasteiger partial charge in [-0.25, -0.2) is 4.39 Å². The van der Waals surface area contributed by atoms with E-state index in [1.165, 1.54) is 19.1 Å². The topological polar surface area (TPSA) is 131 Å². The summed E-state index contributed by atoms with van der Waals surface area (Å²) in [6.45, 7) is 3.16. The minimum Gasteiger partial charge on any atom is -0.366 e. The van der Waals surface area contributed by atoms with Gasteiger partial charge in [0.05, 0.1) is 6.04 Å². The van der Waals surface area contributed by atoms with E-state index < -0.39 is 34.3 Å². The van der Waals surface area contributed by atoms with Crippen molar-refractivity contribution in [1.29, 1.82) is 10.8 Å². The first-order chi connectivity index (χ1) is 19.8. The monoisotopic (exact) mass is 610 g/mol. The van der Waals surface area contributed by atoms with E-state index in [0.717, 1.165) is 34.0 Å². The molecule has 0 saturated carbocycles. The highest BCUT2D eigenvalue weighted by molar-refractivity contribution is 8.13. The van der Waals surface area contributed by atoms with Crippen LogP contribution in [0.5, 0.6) is 0 Å². The molecule has 0 radical (unpaired) electrons. The number of nitrogens with zero attached hydrogens (tertiary/aromatic N) is 1. The molecule has 0 spiro atoms. The number of carbonyl (C=O) groups excluding carboxylic acids is 3. The maximum atomic E-state index is 14.3. The molecule has 1 aliphatic rings. The Bertz CT molecular complexity index is 1510. The second-order valence-corrected chi connectivity index (χ2v) is 12.7. The molecule has 0 heterocycles. The Kier molecular flexibility index (Phi) is 11.3. The Morgan fingerprint density at radius 2 is 1.74 bits per heavy atom. The Morgan fingerprint density at radius 1 is 1.07 bits per heavy atom. The normalized spacial score (nSPS) is 14.8. The van der Waals surface area contributed by atoms with Crippen molar-refractivity contribution in [3.63, 3.8) is 0 Å². The van der Waals surface area contributed by atoms with E-state index in [1.54, 1.807) is 43.5 Å². The van der Waals surface area contributed by atoms with Gasteiger partial charge in [0, 0.05) is 73.7 Å². The highest BCUT2D eigenvalue weighted by Crippen LogP contribution is 2.44. The molecule has 0 aliphatic heterocycles. The quantitative estimate of drug-likeness (QED) is 0.230. The summed E-state index contributed by atoms with van der Waals surface area (Å²) in [4.78, 5) is 40.1. The van der Waals surface area contributed by atoms with E-state index in [0.29, 0.717) is 16.0 Å². The molecular weight excluding hydrogens is 575 g/mol. The van der Waals surface area contributed by atoms with Gasteiger partial charge in [0.25, 0.3) is 0 Å². The van der Waals surface area contributed by atoms with Crippen LogP contribution in [0.15, 0.2) is 52.9 Å². The fraction of sp³-hybridized carbons (Fsp3) is 0.323. The van der Waals surface area contributed by atoms with Crippen molar-refractivity contribution in [3.05, 3.63) is 70.5 Å². The summed E-state index contributed by atoms with van der Waals surface area (Å²) < 4.78 is 26.0. The van der Waals surface area contributed by atoms with Gasteiger partial charge in [-0.1, -0.05) is 30.0 Å². The molecule has 0 aromatic heterocycles. The molecule has 0 fully saturated rings. The third kappa shape index (κ3) is 8.65. The molecule has 2 aromatic rings. The summed E-state index contributed by atoms with van der Waals surface area (Å²) in [5.74, 6) is -1.08. The van der Waals surface area contributed by atoms with E-state index in [4.69, 9.17) is 10.8 Å². The largest absolute Gasteiger partial charge is 0.366 e. The fourth-order valence-corrected chi connectivity index (χ4v) is 5.88. The molecule has 3 rings (SSSR count). The molecule has 1 amide bonds. The second kappa shape index (κ2) is 14.5. The van der Waals surface area contributed by atoms with Gasteiger partial charge in [-0.2, -0.15) is 0 Å². The number of thioether (sulfide) groups is 1. The zero-order valence-corrected chi connectivity index (χ0v) is 25.9. The highest BCUT2D eigenvalue weighted by atomic mass is 32.2. The fourth-order valence-electron chi connectivity index (χ4n) is 4.49. The van der Waals surface area contributed by atoms with Gasteiger partial charge in [0.1, 0.15) is 11.7 Å². The van der Waals surface area contributed by atoms with Crippen molar-refractivity contribution in [2.45, 2.75) is 44.0 Å². The van der Waals surface area contributed by atoms with Crippen LogP contribution in [0.1, 0.15) is 49.8 Å². The number of rotatable bonds is 12. The van der Waals surface area contributed by atoms with Crippen molar-refractivity contribution in [2.24, 2.45) is 0 Å². The van der Waals surface area contributed by atoms with Crippen molar-refractivity contribution in [2.75, 3.05) is 26.1 Å². The van der Waals surface area contributed by atoms with Crippen LogP contribution in [0.3, 0.4) is 0 Å². The first kappa shape index (κ1) is 32.8. The average molecular weight is 611 g/mol. The number of halogens is 1. The van der Waals surface area contributed by atoms with Gasteiger partial charge in [0.15, 0.2) is 10.9 Å². The minimum atomic E-state index is -1.10. The second-order valence-electron chi connectivity index (χ2n) is 10.3. The SMILES string of the molecule is CC(=O)N[C@@H](CSC(=O)CC1=C(C)/C(=C/c2ccc(S(C)=O)cc2)c2ccc(F)cc21)C(=O)CC(=N)CC(=N)N(C)C. The Hall–Kier alpha value is -3.70. The smallest absolute Gasteiger partial charge is 0.217 e. The molecule has 0 bridgehead atoms. The van der Waals surface area contributed by atoms with Crippen LogP contribution in [-0.4, -0.2) is 69.6 Å². The molecule has 222 valence electrons. The maximum absolute atomic E-state index is 14.3. The van der Waals surface area contributed by atoms with Crippen LogP contribution >= 0.6 is 11.8 Å². The average Bonchev–Trinajstić information content (AvgIpc) is 3.15.